The molecule has 60 valence electrons. The predicted molar refractivity (Wildman–Crippen MR) is 61.0 cm³/mol. The summed E-state index contributed by atoms with van der Waals surface area (Å²) in [6.07, 6.45) is 0. The van der Waals surface area contributed by atoms with Gasteiger partial charge in [0.1, 0.15) is 0 Å². The Morgan fingerprint density at radius 1 is 1.64 bits per heavy atom. The molecule has 2 N–H and O–H groups in total. The minimum absolute atomic E-state index is 0.709. The third kappa shape index (κ3) is 1.81. The van der Waals surface area contributed by atoms with Crippen molar-refractivity contribution in [1.82, 2.24) is 0 Å². The third-order valence-corrected chi connectivity index (χ3v) is 3.89. The summed E-state index contributed by atoms with van der Waals surface area (Å²) in [5.74, 6) is 0. The number of rotatable bonds is 0. The first-order valence-corrected chi connectivity index (χ1v) is 5.18. The fourth-order valence-corrected chi connectivity index (χ4v) is 2.21. The van der Waals surface area contributed by atoms with Crippen LogP contribution in [0.3, 0.4) is 0 Å². The van der Waals surface area contributed by atoms with Gasteiger partial charge in [-0.25, -0.2) is 0 Å². The van der Waals surface area contributed by atoms with E-state index in [1.807, 2.05) is 13.0 Å². The monoisotopic (exact) mass is 345 g/mol. The molecule has 1 rings (SSSR count). The normalized spacial score (nSPS) is 10.2. The van der Waals surface area contributed by atoms with Crippen LogP contribution in [0, 0.1) is 10.5 Å². The van der Waals surface area contributed by atoms with Crippen molar-refractivity contribution in [3.8, 4) is 0 Å². The quantitative estimate of drug-likeness (QED) is 0.434. The van der Waals surface area contributed by atoms with Gasteiger partial charge in [-0.2, -0.15) is 0 Å². The summed E-state index contributed by atoms with van der Waals surface area (Å²) in [4.78, 5) is 0. The zero-order valence-corrected chi connectivity index (χ0v) is 10.3. The van der Waals surface area contributed by atoms with Crippen LogP contribution in [-0.4, -0.2) is 0 Å². The van der Waals surface area contributed by atoms with E-state index in [9.17, 15) is 0 Å². The van der Waals surface area contributed by atoms with Crippen molar-refractivity contribution in [2.45, 2.75) is 6.92 Å². The second-order valence-electron chi connectivity index (χ2n) is 2.19. The van der Waals surface area contributed by atoms with Gasteiger partial charge in [0.25, 0.3) is 0 Å². The van der Waals surface area contributed by atoms with E-state index in [4.69, 9.17) is 17.3 Å². The van der Waals surface area contributed by atoms with E-state index < -0.39 is 0 Å². The molecule has 1 aromatic rings. The Bertz CT molecular complexity index is 275. The Labute approximate surface area is 92.6 Å². The summed E-state index contributed by atoms with van der Waals surface area (Å²) in [6, 6.07) is 1.84. The molecule has 0 aromatic heterocycles. The van der Waals surface area contributed by atoms with Crippen LogP contribution in [0.25, 0.3) is 0 Å². The van der Waals surface area contributed by atoms with E-state index in [-0.39, 0.29) is 0 Å². The smallest absolute Gasteiger partial charge is 0.0562 e. The minimum Gasteiger partial charge on any atom is -0.398 e. The lowest BCUT2D eigenvalue weighted by atomic mass is 10.2. The van der Waals surface area contributed by atoms with E-state index >= 15 is 0 Å². The Hall–Kier alpha value is 0.520. The maximum absolute atomic E-state index is 5.88. The molecular formula is C7H6BrClIN. The maximum Gasteiger partial charge on any atom is 0.0562 e. The molecule has 0 spiro atoms. The van der Waals surface area contributed by atoms with Gasteiger partial charge in [-0.3, -0.25) is 0 Å². The van der Waals surface area contributed by atoms with Gasteiger partial charge in [0, 0.05) is 13.7 Å². The van der Waals surface area contributed by atoms with Crippen molar-refractivity contribution >= 4 is 55.8 Å². The minimum atomic E-state index is 0.709. The lowest BCUT2D eigenvalue weighted by molar-refractivity contribution is 1.41. The summed E-state index contributed by atoms with van der Waals surface area (Å²) in [6.45, 7) is 1.94. The van der Waals surface area contributed by atoms with Crippen LogP contribution < -0.4 is 5.73 Å². The molecule has 0 aliphatic rings. The standard InChI is InChI=1S/C7H6BrClIN/c1-3-6(8)4(9)2-5(10)7(3)11/h2H,11H2,1H3. The highest BCUT2D eigenvalue weighted by Gasteiger charge is 2.07. The zero-order chi connectivity index (χ0) is 8.59. The molecule has 0 heterocycles. The fraction of sp³-hybridized carbons (Fsp3) is 0.143. The van der Waals surface area contributed by atoms with Gasteiger partial charge in [-0.05, 0) is 57.1 Å². The lowest BCUT2D eigenvalue weighted by Gasteiger charge is -2.06. The molecule has 0 saturated carbocycles. The summed E-state index contributed by atoms with van der Waals surface area (Å²) < 4.78 is 1.88. The number of benzene rings is 1. The van der Waals surface area contributed by atoms with Gasteiger partial charge in [0.15, 0.2) is 0 Å². The molecule has 11 heavy (non-hydrogen) atoms. The molecule has 0 atom stereocenters. The average Bonchev–Trinajstić information content (AvgIpc) is 1.97. The molecule has 0 aliphatic carbocycles. The number of anilines is 1. The van der Waals surface area contributed by atoms with Crippen molar-refractivity contribution in [1.29, 1.82) is 0 Å². The molecule has 0 bridgehead atoms. The Morgan fingerprint density at radius 2 is 2.18 bits per heavy atom. The Morgan fingerprint density at radius 3 is 2.73 bits per heavy atom. The van der Waals surface area contributed by atoms with Gasteiger partial charge in [0.05, 0.1) is 5.02 Å². The number of nitrogens with two attached hydrogens (primary N) is 1. The molecule has 1 aromatic carbocycles. The number of hydrogen-bond donors (Lipinski definition) is 1. The van der Waals surface area contributed by atoms with Crippen LogP contribution in [0.5, 0.6) is 0 Å². The SMILES string of the molecule is Cc1c(N)c(I)cc(Cl)c1Br. The molecule has 0 amide bonds. The molecule has 0 radical (unpaired) electrons. The summed E-state index contributed by atoms with van der Waals surface area (Å²) in [5.41, 5.74) is 7.55. The van der Waals surface area contributed by atoms with Gasteiger partial charge in [0.2, 0.25) is 0 Å². The molecule has 0 unspecified atom stereocenters. The maximum atomic E-state index is 5.88. The highest BCUT2D eigenvalue weighted by atomic mass is 127. The highest BCUT2D eigenvalue weighted by Crippen LogP contribution is 2.33. The molecular weight excluding hydrogens is 340 g/mol. The van der Waals surface area contributed by atoms with Crippen LogP contribution in [0.15, 0.2) is 10.5 Å². The highest BCUT2D eigenvalue weighted by molar-refractivity contribution is 14.1. The van der Waals surface area contributed by atoms with E-state index in [2.05, 4.69) is 38.5 Å². The van der Waals surface area contributed by atoms with Gasteiger partial charge < -0.3 is 5.73 Å². The molecule has 0 fully saturated rings. The number of halogens is 3. The van der Waals surface area contributed by atoms with Crippen molar-refractivity contribution in [2.75, 3.05) is 5.73 Å². The first-order chi connectivity index (χ1) is 5.04. The van der Waals surface area contributed by atoms with Gasteiger partial charge in [-0.1, -0.05) is 11.6 Å². The van der Waals surface area contributed by atoms with Gasteiger partial charge >= 0.3 is 0 Å². The Balaban J connectivity index is 3.46. The van der Waals surface area contributed by atoms with E-state index in [0.717, 1.165) is 19.3 Å². The topological polar surface area (TPSA) is 26.0 Å². The second kappa shape index (κ2) is 3.49. The van der Waals surface area contributed by atoms with Crippen LogP contribution >= 0.6 is 50.1 Å². The molecule has 0 aliphatic heterocycles. The fourth-order valence-electron chi connectivity index (χ4n) is 0.729. The number of hydrogen-bond acceptors (Lipinski definition) is 1. The Kier molecular flexibility index (Phi) is 3.05. The van der Waals surface area contributed by atoms with E-state index in [1.54, 1.807) is 0 Å². The van der Waals surface area contributed by atoms with Crippen LogP contribution in [-0.2, 0) is 0 Å². The summed E-state index contributed by atoms with van der Waals surface area (Å²) in [7, 11) is 0. The summed E-state index contributed by atoms with van der Waals surface area (Å²) in [5, 5.41) is 0.709. The van der Waals surface area contributed by atoms with Crippen LogP contribution in [0.2, 0.25) is 5.02 Å². The largest absolute Gasteiger partial charge is 0.398 e. The number of nitrogen functional groups attached to an aromatic ring is 1. The van der Waals surface area contributed by atoms with Crippen molar-refractivity contribution < 1.29 is 0 Å². The third-order valence-electron chi connectivity index (χ3n) is 1.45. The zero-order valence-electron chi connectivity index (χ0n) is 5.79. The lowest BCUT2D eigenvalue weighted by Crippen LogP contribution is -1.94. The van der Waals surface area contributed by atoms with Crippen molar-refractivity contribution in [3.63, 3.8) is 0 Å². The van der Waals surface area contributed by atoms with Crippen LogP contribution in [0.4, 0.5) is 5.69 Å². The second-order valence-corrected chi connectivity index (χ2v) is 4.56. The molecule has 0 saturated heterocycles. The van der Waals surface area contributed by atoms with Crippen molar-refractivity contribution in [2.24, 2.45) is 0 Å². The van der Waals surface area contributed by atoms with Gasteiger partial charge in [-0.15, -0.1) is 0 Å². The van der Waals surface area contributed by atoms with Crippen molar-refractivity contribution in [3.05, 3.63) is 24.7 Å². The average molecular weight is 346 g/mol. The molecule has 4 heteroatoms. The predicted octanol–water partition coefficient (Wildman–Crippen LogP) is 3.60. The van der Waals surface area contributed by atoms with E-state index in [1.165, 1.54) is 0 Å². The van der Waals surface area contributed by atoms with E-state index in [0.29, 0.717) is 5.02 Å². The summed E-state index contributed by atoms with van der Waals surface area (Å²) >= 11 is 11.4. The first kappa shape index (κ1) is 9.61. The molecule has 1 nitrogen and oxygen atoms in total. The first-order valence-electron chi connectivity index (χ1n) is 2.93. The van der Waals surface area contributed by atoms with Crippen LogP contribution in [0.1, 0.15) is 5.56 Å².